The molecular weight excluding hydrogens is 388 g/mol. The summed E-state index contributed by atoms with van der Waals surface area (Å²) < 4.78 is 0. The lowest BCUT2D eigenvalue weighted by molar-refractivity contribution is -0.384. The lowest BCUT2D eigenvalue weighted by atomic mass is 10.1. The Bertz CT molecular complexity index is 1070. The van der Waals surface area contributed by atoms with Crippen LogP contribution < -0.4 is 5.32 Å². The molecule has 1 fully saturated rings. The van der Waals surface area contributed by atoms with Gasteiger partial charge in [0.1, 0.15) is 0 Å². The van der Waals surface area contributed by atoms with E-state index in [9.17, 15) is 14.9 Å². The average molecular weight is 410 g/mol. The van der Waals surface area contributed by atoms with Crippen LogP contribution in [-0.2, 0) is 6.54 Å². The maximum atomic E-state index is 12.8. The zero-order chi connectivity index (χ0) is 20.4. The van der Waals surface area contributed by atoms with Gasteiger partial charge in [0, 0.05) is 66.1 Å². The molecule has 7 nitrogen and oxygen atoms in total. The van der Waals surface area contributed by atoms with Gasteiger partial charge in [-0.25, -0.2) is 0 Å². The minimum absolute atomic E-state index is 0.0391. The van der Waals surface area contributed by atoms with Gasteiger partial charge in [0.25, 0.3) is 11.6 Å². The van der Waals surface area contributed by atoms with Gasteiger partial charge >= 0.3 is 0 Å². The summed E-state index contributed by atoms with van der Waals surface area (Å²) in [7, 11) is 0. The van der Waals surface area contributed by atoms with E-state index in [0.29, 0.717) is 16.5 Å². The summed E-state index contributed by atoms with van der Waals surface area (Å²) in [5.74, 6) is 2.06. The zero-order valence-electron chi connectivity index (χ0n) is 16.1. The molecule has 2 N–H and O–H groups in total. The lowest BCUT2D eigenvalue weighted by Crippen LogP contribution is -2.31. The molecule has 1 aromatic heterocycles. The minimum Gasteiger partial charge on any atom is -0.360 e. The number of amides is 1. The van der Waals surface area contributed by atoms with Crippen molar-refractivity contribution in [1.29, 1.82) is 0 Å². The lowest BCUT2D eigenvalue weighted by Gasteiger charge is -2.26. The first-order valence-corrected chi connectivity index (χ1v) is 10.6. The highest BCUT2D eigenvalue weighted by molar-refractivity contribution is 7.99. The Morgan fingerprint density at radius 2 is 2.03 bits per heavy atom. The molecule has 0 bridgehead atoms. The van der Waals surface area contributed by atoms with Crippen molar-refractivity contribution in [2.24, 2.45) is 0 Å². The number of non-ortho nitro benzene ring substituents is 1. The van der Waals surface area contributed by atoms with E-state index in [2.05, 4.69) is 21.3 Å². The molecule has 1 aliphatic rings. The number of rotatable bonds is 5. The molecule has 0 unspecified atom stereocenters. The number of aromatic nitrogens is 1. The van der Waals surface area contributed by atoms with E-state index in [0.717, 1.165) is 30.9 Å². The third-order valence-corrected chi connectivity index (χ3v) is 6.11. The van der Waals surface area contributed by atoms with Crippen LogP contribution in [0.15, 0.2) is 42.6 Å². The quantitative estimate of drug-likeness (QED) is 0.486. The minimum atomic E-state index is -0.460. The van der Waals surface area contributed by atoms with Crippen LogP contribution in [0.5, 0.6) is 0 Å². The molecule has 3 aromatic rings. The number of aryl methyl sites for hydroxylation is 1. The second-order valence-corrected chi connectivity index (χ2v) is 8.41. The van der Waals surface area contributed by atoms with Crippen LogP contribution in [0.1, 0.15) is 21.5 Å². The fourth-order valence-corrected chi connectivity index (χ4v) is 4.56. The van der Waals surface area contributed by atoms with Crippen molar-refractivity contribution in [3.63, 3.8) is 0 Å². The van der Waals surface area contributed by atoms with Gasteiger partial charge in [-0.05, 0) is 30.2 Å². The Kier molecular flexibility index (Phi) is 5.55. The molecule has 29 heavy (non-hydrogen) atoms. The highest BCUT2D eigenvalue weighted by atomic mass is 32.2. The summed E-state index contributed by atoms with van der Waals surface area (Å²) in [4.78, 5) is 28.8. The van der Waals surface area contributed by atoms with Gasteiger partial charge in [0.05, 0.1) is 10.5 Å². The highest BCUT2D eigenvalue weighted by Crippen LogP contribution is 2.25. The number of nitro benzene ring substituents is 1. The van der Waals surface area contributed by atoms with Gasteiger partial charge in [-0.1, -0.05) is 12.1 Å². The van der Waals surface area contributed by atoms with E-state index in [1.807, 2.05) is 30.8 Å². The second kappa shape index (κ2) is 8.26. The number of carbonyl (C=O) groups excluding carboxylic acids is 1. The summed E-state index contributed by atoms with van der Waals surface area (Å²) in [6, 6.07) is 10.5. The Labute approximate surface area is 172 Å². The first kappa shape index (κ1) is 19.5. The van der Waals surface area contributed by atoms with Crippen LogP contribution in [0.3, 0.4) is 0 Å². The third-order valence-electron chi connectivity index (χ3n) is 5.17. The highest BCUT2D eigenvalue weighted by Gasteiger charge is 2.17. The van der Waals surface area contributed by atoms with Crippen molar-refractivity contribution in [2.75, 3.05) is 29.9 Å². The van der Waals surface area contributed by atoms with E-state index in [4.69, 9.17) is 0 Å². The van der Waals surface area contributed by atoms with Gasteiger partial charge in [-0.15, -0.1) is 0 Å². The van der Waals surface area contributed by atoms with E-state index in [1.165, 1.54) is 29.2 Å². The van der Waals surface area contributed by atoms with Crippen LogP contribution in [0, 0.1) is 17.0 Å². The summed E-state index contributed by atoms with van der Waals surface area (Å²) in [6.45, 7) is 5.11. The number of fused-ring (bicyclic) bond motifs is 1. The number of thioether (sulfide) groups is 1. The third kappa shape index (κ3) is 4.28. The van der Waals surface area contributed by atoms with E-state index in [1.54, 1.807) is 12.3 Å². The maximum absolute atomic E-state index is 12.8. The van der Waals surface area contributed by atoms with Gasteiger partial charge < -0.3 is 10.3 Å². The normalized spacial score (nSPS) is 14.8. The average Bonchev–Trinajstić information content (AvgIpc) is 3.14. The molecule has 2 heterocycles. The van der Waals surface area contributed by atoms with Gasteiger partial charge in [0.15, 0.2) is 0 Å². The number of nitrogens with one attached hydrogen (secondary N) is 2. The molecule has 0 saturated carbocycles. The van der Waals surface area contributed by atoms with E-state index in [-0.39, 0.29) is 11.6 Å². The smallest absolute Gasteiger partial charge is 0.270 e. The molecule has 0 atom stereocenters. The second-order valence-electron chi connectivity index (χ2n) is 7.18. The van der Waals surface area contributed by atoms with Crippen LogP contribution in [-0.4, -0.2) is 45.3 Å². The van der Waals surface area contributed by atoms with E-state index < -0.39 is 4.92 Å². The number of carbonyl (C=O) groups is 1. The van der Waals surface area contributed by atoms with Gasteiger partial charge in [-0.2, -0.15) is 11.8 Å². The fourth-order valence-electron chi connectivity index (χ4n) is 3.58. The molecular formula is C21H22N4O3S. The van der Waals surface area contributed by atoms with Crippen molar-refractivity contribution in [1.82, 2.24) is 9.88 Å². The summed E-state index contributed by atoms with van der Waals surface area (Å²) in [5.41, 5.74) is 4.00. The van der Waals surface area contributed by atoms with Crippen molar-refractivity contribution >= 4 is 39.9 Å². The number of H-pyrrole nitrogens is 1. The van der Waals surface area contributed by atoms with Crippen LogP contribution in [0.25, 0.3) is 10.9 Å². The standard InChI is InChI=1S/C21H22N4O3S/c1-14-10-15(13-24-6-8-29-9-7-24)2-4-19(14)23-21(26)18-12-22-20-5-3-16(25(27)28)11-17(18)20/h2-5,10-12,22H,6-9,13H2,1H3,(H,23,26). The Morgan fingerprint density at radius 3 is 2.76 bits per heavy atom. The molecule has 2 aromatic carbocycles. The predicted molar refractivity (Wildman–Crippen MR) is 117 cm³/mol. The fraction of sp³-hybridized carbons (Fsp3) is 0.286. The topological polar surface area (TPSA) is 91.3 Å². The Balaban J connectivity index is 1.51. The molecule has 1 aliphatic heterocycles. The largest absolute Gasteiger partial charge is 0.360 e. The summed E-state index contributed by atoms with van der Waals surface area (Å²) >= 11 is 1.99. The molecule has 4 rings (SSSR count). The van der Waals surface area contributed by atoms with Crippen LogP contribution in [0.4, 0.5) is 11.4 Å². The number of hydrogen-bond donors (Lipinski definition) is 2. The molecule has 0 aliphatic carbocycles. The number of anilines is 1. The van der Waals surface area contributed by atoms with Crippen molar-refractivity contribution in [2.45, 2.75) is 13.5 Å². The molecule has 0 spiro atoms. The summed E-state index contributed by atoms with van der Waals surface area (Å²) in [6.07, 6.45) is 1.59. The molecule has 0 radical (unpaired) electrons. The Morgan fingerprint density at radius 1 is 1.24 bits per heavy atom. The number of benzene rings is 2. The number of nitro groups is 1. The Hall–Kier alpha value is -2.84. The predicted octanol–water partition coefficient (Wildman–Crippen LogP) is 4.19. The maximum Gasteiger partial charge on any atom is 0.270 e. The van der Waals surface area contributed by atoms with Crippen molar-refractivity contribution < 1.29 is 9.72 Å². The SMILES string of the molecule is Cc1cc(CN2CCSCC2)ccc1NC(=O)c1c[nH]c2ccc([N+](=O)[O-])cc12. The van der Waals surface area contributed by atoms with Crippen molar-refractivity contribution in [3.8, 4) is 0 Å². The number of aromatic amines is 1. The molecule has 150 valence electrons. The van der Waals surface area contributed by atoms with Crippen molar-refractivity contribution in [3.05, 3.63) is 69.4 Å². The monoisotopic (exact) mass is 410 g/mol. The number of hydrogen-bond acceptors (Lipinski definition) is 5. The summed E-state index contributed by atoms with van der Waals surface area (Å²) in [5, 5.41) is 14.5. The molecule has 1 amide bonds. The molecule has 1 saturated heterocycles. The number of nitrogens with zero attached hydrogens (tertiary/aromatic N) is 2. The van der Waals surface area contributed by atoms with Gasteiger partial charge in [-0.3, -0.25) is 19.8 Å². The van der Waals surface area contributed by atoms with Crippen LogP contribution >= 0.6 is 11.8 Å². The first-order valence-electron chi connectivity index (χ1n) is 9.48. The molecule has 8 heteroatoms. The van der Waals surface area contributed by atoms with Crippen LogP contribution in [0.2, 0.25) is 0 Å². The van der Waals surface area contributed by atoms with Gasteiger partial charge in [0.2, 0.25) is 0 Å². The first-order chi connectivity index (χ1) is 14.0. The van der Waals surface area contributed by atoms with E-state index >= 15 is 0 Å². The zero-order valence-corrected chi connectivity index (χ0v) is 16.9.